The predicted octanol–water partition coefficient (Wildman–Crippen LogP) is 2.32. The fourth-order valence-corrected chi connectivity index (χ4v) is 2.20. The van der Waals surface area contributed by atoms with Crippen LogP contribution in [0, 0.1) is 0 Å². The van der Waals surface area contributed by atoms with E-state index >= 15 is 0 Å². The molecule has 0 amide bonds. The molecule has 28 heavy (non-hydrogen) atoms. The number of hydrogen-bond donors (Lipinski definition) is 1. The SMILES string of the molecule is COC(=O)c1cnc(C(=O)OC)c(Cl)c1.COC(=O)c1cnc(CO)c(Cl)c1. The second kappa shape index (κ2) is 11.2. The van der Waals surface area contributed by atoms with E-state index in [4.69, 9.17) is 28.3 Å². The number of esters is 3. The molecule has 0 aliphatic rings. The molecule has 0 spiro atoms. The third kappa shape index (κ3) is 6.15. The quantitative estimate of drug-likeness (QED) is 0.574. The number of aromatic nitrogens is 2. The van der Waals surface area contributed by atoms with E-state index in [9.17, 15) is 14.4 Å². The second-order valence-electron chi connectivity index (χ2n) is 4.84. The minimum atomic E-state index is -0.656. The van der Waals surface area contributed by atoms with Crippen LogP contribution in [0.4, 0.5) is 0 Å². The minimum Gasteiger partial charge on any atom is -0.465 e. The number of rotatable bonds is 4. The number of halogens is 2. The number of nitrogens with zero attached hydrogens (tertiary/aromatic N) is 2. The summed E-state index contributed by atoms with van der Waals surface area (Å²) in [6, 6.07) is 2.71. The molecule has 2 rings (SSSR count). The predicted molar refractivity (Wildman–Crippen MR) is 98.4 cm³/mol. The summed E-state index contributed by atoms with van der Waals surface area (Å²) in [5, 5.41) is 9.04. The van der Waals surface area contributed by atoms with Gasteiger partial charge >= 0.3 is 17.9 Å². The fraction of sp³-hybridized carbons (Fsp3) is 0.235. The van der Waals surface area contributed by atoms with Gasteiger partial charge in [0, 0.05) is 12.4 Å². The average Bonchev–Trinajstić information content (AvgIpc) is 2.72. The molecule has 0 saturated carbocycles. The molecule has 0 aliphatic heterocycles. The second-order valence-corrected chi connectivity index (χ2v) is 5.65. The number of carbonyl (C=O) groups is 3. The largest absolute Gasteiger partial charge is 0.465 e. The lowest BCUT2D eigenvalue weighted by Gasteiger charge is -2.03. The third-order valence-electron chi connectivity index (χ3n) is 3.13. The molecule has 2 aromatic heterocycles. The highest BCUT2D eigenvalue weighted by atomic mass is 35.5. The van der Waals surface area contributed by atoms with Gasteiger partial charge in [0.25, 0.3) is 0 Å². The summed E-state index contributed by atoms with van der Waals surface area (Å²) in [5.41, 5.74) is 0.751. The van der Waals surface area contributed by atoms with E-state index in [2.05, 4.69) is 24.2 Å². The summed E-state index contributed by atoms with van der Waals surface area (Å²) < 4.78 is 13.4. The summed E-state index contributed by atoms with van der Waals surface area (Å²) in [5.74, 6) is -1.73. The van der Waals surface area contributed by atoms with Gasteiger partial charge in [0.1, 0.15) is 0 Å². The molecular formula is C17H16Cl2N2O7. The Hall–Kier alpha value is -2.75. The van der Waals surface area contributed by atoms with E-state index in [-0.39, 0.29) is 33.5 Å². The van der Waals surface area contributed by atoms with Gasteiger partial charge in [-0.1, -0.05) is 23.2 Å². The first-order valence-corrected chi connectivity index (χ1v) is 8.20. The van der Waals surface area contributed by atoms with Crippen LogP contribution in [0.3, 0.4) is 0 Å². The molecule has 0 aliphatic carbocycles. The summed E-state index contributed by atoms with van der Waals surface area (Å²) in [6.45, 7) is -0.250. The van der Waals surface area contributed by atoms with Crippen molar-refractivity contribution in [3.05, 3.63) is 57.1 Å². The van der Waals surface area contributed by atoms with Gasteiger partial charge < -0.3 is 19.3 Å². The monoisotopic (exact) mass is 430 g/mol. The first kappa shape index (κ1) is 23.3. The summed E-state index contributed by atoms with van der Waals surface area (Å²) in [7, 11) is 3.73. The van der Waals surface area contributed by atoms with E-state index in [0.29, 0.717) is 5.69 Å². The van der Waals surface area contributed by atoms with Gasteiger partial charge in [0.15, 0.2) is 5.69 Å². The van der Waals surface area contributed by atoms with Gasteiger partial charge in [-0.3, -0.25) is 4.98 Å². The van der Waals surface area contributed by atoms with Crippen LogP contribution in [-0.4, -0.2) is 54.3 Å². The van der Waals surface area contributed by atoms with E-state index in [0.717, 1.165) is 0 Å². The molecule has 0 saturated heterocycles. The van der Waals surface area contributed by atoms with Gasteiger partial charge in [-0.25, -0.2) is 19.4 Å². The molecule has 2 aromatic rings. The molecule has 0 radical (unpaired) electrons. The normalized spacial score (nSPS) is 9.64. The van der Waals surface area contributed by atoms with Crippen LogP contribution in [0.25, 0.3) is 0 Å². The Labute approximate surface area is 170 Å². The standard InChI is InChI=1S/C9H8ClNO4.C8H8ClNO3/c1-14-8(12)5-3-6(10)7(11-4-5)9(13)15-2;1-13-8(12)5-2-6(9)7(4-11)10-3-5/h3-4H,1-2H3;2-3,11H,4H2,1H3. The molecule has 2 heterocycles. The van der Waals surface area contributed by atoms with Crippen LogP contribution in [-0.2, 0) is 20.8 Å². The lowest BCUT2D eigenvalue weighted by atomic mass is 10.2. The molecule has 0 unspecified atom stereocenters. The Balaban J connectivity index is 0.000000283. The van der Waals surface area contributed by atoms with Crippen molar-refractivity contribution in [1.82, 2.24) is 9.97 Å². The summed E-state index contributed by atoms with van der Waals surface area (Å²) >= 11 is 11.4. The van der Waals surface area contributed by atoms with Crippen LogP contribution >= 0.6 is 23.2 Å². The summed E-state index contributed by atoms with van der Waals surface area (Å²) in [6.07, 6.45) is 2.51. The number of carbonyl (C=O) groups excluding carboxylic acids is 3. The zero-order valence-corrected chi connectivity index (χ0v) is 16.6. The number of aliphatic hydroxyl groups is 1. The average molecular weight is 431 g/mol. The molecule has 0 atom stereocenters. The van der Waals surface area contributed by atoms with Crippen molar-refractivity contribution in [1.29, 1.82) is 0 Å². The van der Waals surface area contributed by atoms with Crippen molar-refractivity contribution in [2.75, 3.05) is 21.3 Å². The van der Waals surface area contributed by atoms with Crippen molar-refractivity contribution in [3.8, 4) is 0 Å². The Morgan fingerprint density at radius 3 is 1.71 bits per heavy atom. The zero-order chi connectivity index (χ0) is 21.3. The van der Waals surface area contributed by atoms with Crippen molar-refractivity contribution in [2.45, 2.75) is 6.61 Å². The Kier molecular flexibility index (Phi) is 9.29. The molecule has 9 nitrogen and oxygen atoms in total. The number of pyridine rings is 2. The number of methoxy groups -OCH3 is 3. The lowest BCUT2D eigenvalue weighted by molar-refractivity contribution is 0.0581. The lowest BCUT2D eigenvalue weighted by Crippen LogP contribution is -2.08. The minimum absolute atomic E-state index is 0.0354. The van der Waals surface area contributed by atoms with Crippen LogP contribution in [0.5, 0.6) is 0 Å². The fourth-order valence-electron chi connectivity index (χ4n) is 1.73. The first-order valence-electron chi connectivity index (χ1n) is 7.44. The number of hydrogen-bond acceptors (Lipinski definition) is 9. The van der Waals surface area contributed by atoms with Crippen molar-refractivity contribution >= 4 is 41.1 Å². The number of ether oxygens (including phenoxy) is 3. The van der Waals surface area contributed by atoms with E-state index in [1.54, 1.807) is 0 Å². The molecule has 150 valence electrons. The zero-order valence-electron chi connectivity index (χ0n) is 15.1. The highest BCUT2D eigenvalue weighted by molar-refractivity contribution is 6.33. The van der Waals surface area contributed by atoms with E-state index in [1.807, 2.05) is 0 Å². The topological polar surface area (TPSA) is 125 Å². The Bertz CT molecular complexity index is 875. The van der Waals surface area contributed by atoms with Gasteiger partial charge in [-0.2, -0.15) is 0 Å². The highest BCUT2D eigenvalue weighted by Gasteiger charge is 2.15. The summed E-state index contributed by atoms with van der Waals surface area (Å²) in [4.78, 5) is 40.7. The van der Waals surface area contributed by atoms with Crippen LogP contribution < -0.4 is 0 Å². The first-order chi connectivity index (χ1) is 13.3. The van der Waals surface area contributed by atoms with Gasteiger partial charge in [0.05, 0.1) is 54.8 Å². The maximum atomic E-state index is 11.1. The van der Waals surface area contributed by atoms with Crippen molar-refractivity contribution in [3.63, 3.8) is 0 Å². The van der Waals surface area contributed by atoms with Crippen LogP contribution in [0.15, 0.2) is 24.5 Å². The van der Waals surface area contributed by atoms with Gasteiger partial charge in [-0.15, -0.1) is 0 Å². The Morgan fingerprint density at radius 1 is 0.857 bits per heavy atom. The van der Waals surface area contributed by atoms with Gasteiger partial charge in [0.2, 0.25) is 0 Å². The van der Waals surface area contributed by atoms with Crippen molar-refractivity contribution in [2.24, 2.45) is 0 Å². The van der Waals surface area contributed by atoms with Crippen LogP contribution in [0.2, 0.25) is 10.0 Å². The molecule has 0 fully saturated rings. The smallest absolute Gasteiger partial charge is 0.358 e. The number of aliphatic hydroxyl groups excluding tert-OH is 1. The highest BCUT2D eigenvalue weighted by Crippen LogP contribution is 2.17. The van der Waals surface area contributed by atoms with Crippen LogP contribution in [0.1, 0.15) is 36.9 Å². The van der Waals surface area contributed by atoms with E-state index in [1.165, 1.54) is 45.9 Å². The third-order valence-corrected chi connectivity index (χ3v) is 3.74. The van der Waals surface area contributed by atoms with Crippen molar-refractivity contribution < 1.29 is 33.7 Å². The van der Waals surface area contributed by atoms with E-state index < -0.39 is 17.9 Å². The molecule has 0 bridgehead atoms. The Morgan fingerprint density at radius 2 is 1.32 bits per heavy atom. The maximum Gasteiger partial charge on any atom is 0.358 e. The molecule has 1 N–H and O–H groups in total. The van der Waals surface area contributed by atoms with Gasteiger partial charge in [-0.05, 0) is 12.1 Å². The molecule has 0 aromatic carbocycles. The molecular weight excluding hydrogens is 415 g/mol. The maximum absolute atomic E-state index is 11.1. The molecule has 11 heteroatoms.